The number of hydrogen-bond donors (Lipinski definition) is 1. The molecule has 34 heavy (non-hydrogen) atoms. The highest BCUT2D eigenvalue weighted by molar-refractivity contribution is 5.70. The van der Waals surface area contributed by atoms with E-state index in [0.29, 0.717) is 13.0 Å². The summed E-state index contributed by atoms with van der Waals surface area (Å²) in [7, 11) is 0. The van der Waals surface area contributed by atoms with Crippen molar-refractivity contribution in [1.82, 2.24) is 0 Å². The molecule has 2 bridgehead atoms. The molecule has 0 amide bonds. The van der Waals surface area contributed by atoms with Crippen LogP contribution in [-0.4, -0.2) is 72.3 Å². The number of unbranched alkanes of at least 4 members (excludes halogenated alkanes) is 2. The predicted molar refractivity (Wildman–Crippen MR) is 118 cm³/mol. The third kappa shape index (κ3) is 3.67. The van der Waals surface area contributed by atoms with Gasteiger partial charge in [0.25, 0.3) is 0 Å². The van der Waals surface area contributed by atoms with Crippen molar-refractivity contribution in [3.63, 3.8) is 0 Å². The molecule has 0 aromatic heterocycles. The van der Waals surface area contributed by atoms with Crippen LogP contribution >= 0.6 is 0 Å². The fourth-order valence-electron chi connectivity index (χ4n) is 6.46. The minimum atomic E-state index is -1.11. The number of carbonyl (C=O) groups excluding carboxylic acids is 3. The summed E-state index contributed by atoms with van der Waals surface area (Å²) in [6.45, 7) is 8.74. The van der Waals surface area contributed by atoms with Crippen molar-refractivity contribution in [2.24, 2.45) is 10.8 Å². The first-order valence-corrected chi connectivity index (χ1v) is 12.2. The summed E-state index contributed by atoms with van der Waals surface area (Å²) in [4.78, 5) is 36.6. The van der Waals surface area contributed by atoms with Gasteiger partial charge in [-0.05, 0) is 18.9 Å². The fraction of sp³-hybridized carbons (Fsp3) is 0.800. The summed E-state index contributed by atoms with van der Waals surface area (Å²) >= 11 is 0. The number of hydrogen-bond acceptors (Lipinski definition) is 9. The molecule has 190 valence electrons. The highest BCUT2D eigenvalue weighted by Crippen LogP contribution is 2.72. The Bertz CT molecular complexity index is 878. The number of esters is 3. The van der Waals surface area contributed by atoms with Crippen LogP contribution in [0.3, 0.4) is 0 Å². The van der Waals surface area contributed by atoms with Gasteiger partial charge in [0.2, 0.25) is 0 Å². The smallest absolute Gasteiger partial charge is 0.306 e. The maximum Gasteiger partial charge on any atom is 0.306 e. The molecule has 0 aromatic rings. The van der Waals surface area contributed by atoms with Crippen LogP contribution in [0.5, 0.6) is 0 Å². The Labute approximate surface area is 200 Å². The molecule has 0 radical (unpaired) electrons. The van der Waals surface area contributed by atoms with Crippen molar-refractivity contribution in [2.45, 2.75) is 103 Å². The monoisotopic (exact) mass is 480 g/mol. The zero-order valence-electron chi connectivity index (χ0n) is 20.6. The van der Waals surface area contributed by atoms with Crippen LogP contribution in [0, 0.1) is 10.8 Å². The summed E-state index contributed by atoms with van der Waals surface area (Å²) < 4.78 is 29.5. The van der Waals surface area contributed by atoms with E-state index in [9.17, 15) is 19.5 Å². The Hall–Kier alpha value is -1.97. The van der Waals surface area contributed by atoms with Crippen LogP contribution in [0.1, 0.15) is 66.7 Å². The highest BCUT2D eigenvalue weighted by atomic mass is 16.7. The zero-order chi connectivity index (χ0) is 24.9. The lowest BCUT2D eigenvalue weighted by Gasteiger charge is -2.58. The molecular formula is C25H36O9. The van der Waals surface area contributed by atoms with Gasteiger partial charge in [0.1, 0.15) is 36.6 Å². The summed E-state index contributed by atoms with van der Waals surface area (Å²) in [5, 5.41) is 11.2. The van der Waals surface area contributed by atoms with Crippen molar-refractivity contribution in [3.8, 4) is 0 Å². The van der Waals surface area contributed by atoms with E-state index in [1.807, 2.05) is 19.9 Å². The Morgan fingerprint density at radius 1 is 1.18 bits per heavy atom. The van der Waals surface area contributed by atoms with E-state index in [1.54, 1.807) is 0 Å². The van der Waals surface area contributed by atoms with Crippen LogP contribution in [0.15, 0.2) is 11.6 Å². The van der Waals surface area contributed by atoms with Gasteiger partial charge < -0.3 is 28.8 Å². The first kappa shape index (κ1) is 25.1. The van der Waals surface area contributed by atoms with Crippen molar-refractivity contribution < 1.29 is 43.2 Å². The summed E-state index contributed by atoms with van der Waals surface area (Å²) in [6.07, 6.45) is 1.34. The molecule has 1 spiro atoms. The average molecular weight is 481 g/mol. The predicted octanol–water partition coefficient (Wildman–Crippen LogP) is 2.23. The molecule has 9 nitrogen and oxygen atoms in total. The second-order valence-corrected chi connectivity index (χ2v) is 10.4. The van der Waals surface area contributed by atoms with E-state index in [1.165, 1.54) is 13.8 Å². The summed E-state index contributed by atoms with van der Waals surface area (Å²) in [6, 6.07) is 0. The Balaban J connectivity index is 1.74. The highest BCUT2D eigenvalue weighted by Gasteiger charge is 2.86. The first-order chi connectivity index (χ1) is 16.0. The van der Waals surface area contributed by atoms with E-state index in [-0.39, 0.29) is 19.0 Å². The van der Waals surface area contributed by atoms with Crippen molar-refractivity contribution >= 4 is 17.9 Å². The second kappa shape index (κ2) is 8.91. The quantitative estimate of drug-likeness (QED) is 0.183. The molecule has 2 aliphatic heterocycles. The van der Waals surface area contributed by atoms with Gasteiger partial charge in [-0.1, -0.05) is 32.8 Å². The third-order valence-electron chi connectivity index (χ3n) is 8.41. The minimum absolute atomic E-state index is 0.0561. The van der Waals surface area contributed by atoms with Crippen LogP contribution in [0.2, 0.25) is 0 Å². The lowest BCUT2D eigenvalue weighted by atomic mass is 9.51. The summed E-state index contributed by atoms with van der Waals surface area (Å²) in [5.74, 6) is -1.28. The van der Waals surface area contributed by atoms with E-state index in [2.05, 4.69) is 6.92 Å². The molecular weight excluding hydrogens is 444 g/mol. The molecule has 3 fully saturated rings. The fourth-order valence-corrected chi connectivity index (χ4v) is 6.46. The number of epoxide rings is 1. The summed E-state index contributed by atoms with van der Waals surface area (Å²) in [5.41, 5.74) is -1.98. The van der Waals surface area contributed by atoms with Crippen LogP contribution in [-0.2, 0) is 38.1 Å². The molecule has 1 saturated carbocycles. The molecule has 8 atom stereocenters. The van der Waals surface area contributed by atoms with Crippen LogP contribution in [0.25, 0.3) is 0 Å². The van der Waals surface area contributed by atoms with Gasteiger partial charge in [-0.25, -0.2) is 0 Å². The maximum atomic E-state index is 12.6. The first-order valence-electron chi connectivity index (χ1n) is 12.2. The van der Waals surface area contributed by atoms with E-state index in [4.69, 9.17) is 23.7 Å². The van der Waals surface area contributed by atoms with Gasteiger partial charge in [0.05, 0.1) is 23.5 Å². The normalized spacial score (nSPS) is 41.9. The van der Waals surface area contributed by atoms with Crippen molar-refractivity contribution in [2.75, 3.05) is 13.2 Å². The molecule has 2 saturated heterocycles. The molecule has 9 heteroatoms. The Morgan fingerprint density at radius 3 is 2.47 bits per heavy atom. The third-order valence-corrected chi connectivity index (χ3v) is 8.41. The zero-order valence-corrected chi connectivity index (χ0v) is 20.6. The average Bonchev–Trinajstić information content (AvgIpc) is 3.54. The van der Waals surface area contributed by atoms with Gasteiger partial charge >= 0.3 is 17.9 Å². The SMILES string of the molecule is CCCCCC(=O)O[C@H]1C[C@@]2(COC(C)=O)[C@@H](C=C1C)O[C@@H]1[C@H](O)[C@@H](OC(C)=O)[C@@]2(C)C12CO2. The second-order valence-electron chi connectivity index (χ2n) is 10.4. The molecule has 1 N–H and O–H groups in total. The largest absolute Gasteiger partial charge is 0.465 e. The number of rotatable bonds is 8. The number of carbonyl (C=O) groups is 3. The topological polar surface area (TPSA) is 121 Å². The van der Waals surface area contributed by atoms with Gasteiger partial charge in [-0.3, -0.25) is 14.4 Å². The molecule has 4 rings (SSSR count). The van der Waals surface area contributed by atoms with Gasteiger partial charge in [-0.2, -0.15) is 0 Å². The lowest BCUT2D eigenvalue weighted by molar-refractivity contribution is -0.241. The van der Waals surface area contributed by atoms with E-state index in [0.717, 1.165) is 24.8 Å². The standard InChI is InChI=1S/C25H36O9/c1-6-7-8-9-19(28)33-17-11-24(12-30-15(3)26)18(10-14(17)2)34-22-20(29)21(32-16(4)27)23(24,5)25(22)13-31-25/h10,17-18,20-22,29H,6-9,11-13H2,1-5H3/t17-,18+,20+,21+,22+,23+,24+,25?/m0/s1. The van der Waals surface area contributed by atoms with Crippen molar-refractivity contribution in [1.29, 1.82) is 0 Å². The van der Waals surface area contributed by atoms with Gasteiger partial charge in [0, 0.05) is 26.7 Å². The molecule has 2 heterocycles. The Kier molecular flexibility index (Phi) is 6.59. The number of aliphatic hydroxyl groups is 1. The van der Waals surface area contributed by atoms with Gasteiger partial charge in [0.15, 0.2) is 0 Å². The van der Waals surface area contributed by atoms with Crippen LogP contribution < -0.4 is 0 Å². The minimum Gasteiger partial charge on any atom is -0.465 e. The number of ether oxygens (including phenoxy) is 5. The van der Waals surface area contributed by atoms with Crippen molar-refractivity contribution in [3.05, 3.63) is 11.6 Å². The molecule has 2 aliphatic carbocycles. The Morgan fingerprint density at radius 2 is 1.88 bits per heavy atom. The number of aliphatic hydroxyl groups excluding tert-OH is 1. The molecule has 0 aromatic carbocycles. The number of fused-ring (bicyclic) bond motifs is 2. The lowest BCUT2D eigenvalue weighted by Crippen LogP contribution is -2.68. The van der Waals surface area contributed by atoms with E-state index >= 15 is 0 Å². The molecule has 1 unspecified atom stereocenters. The maximum absolute atomic E-state index is 12.6. The van der Waals surface area contributed by atoms with Gasteiger partial charge in [-0.15, -0.1) is 0 Å². The van der Waals surface area contributed by atoms with E-state index < -0.39 is 58.9 Å². The molecule has 4 aliphatic rings. The van der Waals surface area contributed by atoms with Crippen LogP contribution in [0.4, 0.5) is 0 Å².